The first-order valence-electron chi connectivity index (χ1n) is 6.37. The van der Waals surface area contributed by atoms with E-state index in [0.717, 1.165) is 28.6 Å². The lowest BCUT2D eigenvalue weighted by Gasteiger charge is -2.18. The molecule has 0 radical (unpaired) electrons. The lowest BCUT2D eigenvalue weighted by molar-refractivity contribution is 0.392. The normalized spacial score (nSPS) is 12.5. The van der Waals surface area contributed by atoms with Crippen molar-refractivity contribution in [1.29, 1.82) is 0 Å². The third-order valence-electron chi connectivity index (χ3n) is 2.71. The fraction of sp³-hybridized carbons (Fsp3) is 0.571. The lowest BCUT2D eigenvalue weighted by atomic mass is 10.1. The number of rotatable bonds is 8. The second-order valence-corrected chi connectivity index (χ2v) is 5.87. The van der Waals surface area contributed by atoms with Crippen LogP contribution in [0.3, 0.4) is 0 Å². The van der Waals surface area contributed by atoms with Crippen molar-refractivity contribution in [2.75, 3.05) is 25.7 Å². The molecule has 1 unspecified atom stereocenters. The van der Waals surface area contributed by atoms with Crippen LogP contribution >= 0.6 is 11.8 Å². The van der Waals surface area contributed by atoms with Gasteiger partial charge in [-0.05, 0) is 29.4 Å². The van der Waals surface area contributed by atoms with Gasteiger partial charge in [-0.1, -0.05) is 13.8 Å². The Morgan fingerprint density at radius 2 is 1.68 bits per heavy atom. The van der Waals surface area contributed by atoms with E-state index >= 15 is 0 Å². The topological polar surface area (TPSA) is 56.5 Å². The third kappa shape index (κ3) is 5.30. The summed E-state index contributed by atoms with van der Waals surface area (Å²) >= 11 is 1.89. The van der Waals surface area contributed by atoms with Gasteiger partial charge < -0.3 is 9.47 Å². The first-order valence-corrected chi connectivity index (χ1v) is 7.53. The molecule has 0 saturated carbocycles. The zero-order valence-corrected chi connectivity index (χ0v) is 12.9. The van der Waals surface area contributed by atoms with Crippen molar-refractivity contribution < 1.29 is 9.47 Å². The summed E-state index contributed by atoms with van der Waals surface area (Å²) in [5, 5.41) is 0. The molecule has 0 amide bonds. The van der Waals surface area contributed by atoms with Crippen molar-refractivity contribution in [2.24, 2.45) is 11.8 Å². The van der Waals surface area contributed by atoms with Crippen LogP contribution in [0.4, 0.5) is 0 Å². The molecule has 1 atom stereocenters. The maximum Gasteiger partial charge on any atom is 0.122 e. The van der Waals surface area contributed by atoms with E-state index in [9.17, 15) is 0 Å². The zero-order valence-electron chi connectivity index (χ0n) is 12.1. The molecule has 0 aliphatic rings. The van der Waals surface area contributed by atoms with Gasteiger partial charge in [0, 0.05) is 11.8 Å². The standard InChI is InChI=1S/C14H24N2O2S/c1-10(2)8-19-9-14(16-15)11-5-12(17-3)7-13(6-11)18-4/h5-7,10,14,16H,8-9,15H2,1-4H3. The summed E-state index contributed by atoms with van der Waals surface area (Å²) < 4.78 is 10.6. The van der Waals surface area contributed by atoms with Gasteiger partial charge in [0.25, 0.3) is 0 Å². The molecule has 0 heterocycles. The van der Waals surface area contributed by atoms with Crippen LogP contribution in [0.15, 0.2) is 18.2 Å². The summed E-state index contributed by atoms with van der Waals surface area (Å²) in [6.07, 6.45) is 0. The molecule has 3 N–H and O–H groups in total. The molecule has 0 fully saturated rings. The molecule has 0 aliphatic heterocycles. The van der Waals surface area contributed by atoms with Crippen molar-refractivity contribution in [3.05, 3.63) is 23.8 Å². The van der Waals surface area contributed by atoms with E-state index in [2.05, 4.69) is 19.3 Å². The maximum absolute atomic E-state index is 5.66. The SMILES string of the molecule is COc1cc(OC)cc(C(CSCC(C)C)NN)c1. The molecule has 1 aromatic carbocycles. The van der Waals surface area contributed by atoms with Gasteiger partial charge in [0.15, 0.2) is 0 Å². The van der Waals surface area contributed by atoms with Gasteiger partial charge in [0.1, 0.15) is 11.5 Å². The summed E-state index contributed by atoms with van der Waals surface area (Å²) in [7, 11) is 3.30. The van der Waals surface area contributed by atoms with Crippen molar-refractivity contribution in [3.63, 3.8) is 0 Å². The average Bonchev–Trinajstić information content (AvgIpc) is 2.42. The molecule has 0 spiro atoms. The minimum atomic E-state index is 0.0905. The molecule has 5 heteroatoms. The second kappa shape index (κ2) is 8.30. The van der Waals surface area contributed by atoms with Crippen LogP contribution in [0.25, 0.3) is 0 Å². The molecule has 1 rings (SSSR count). The highest BCUT2D eigenvalue weighted by Gasteiger charge is 2.13. The van der Waals surface area contributed by atoms with Crippen molar-refractivity contribution >= 4 is 11.8 Å². The van der Waals surface area contributed by atoms with Crippen LogP contribution in [-0.2, 0) is 0 Å². The number of thioether (sulfide) groups is 1. The summed E-state index contributed by atoms with van der Waals surface area (Å²) in [5.41, 5.74) is 3.94. The van der Waals surface area contributed by atoms with Crippen LogP contribution < -0.4 is 20.7 Å². The van der Waals surface area contributed by atoms with Crippen LogP contribution in [0.5, 0.6) is 11.5 Å². The molecule has 19 heavy (non-hydrogen) atoms. The number of hydrazine groups is 1. The molecule has 0 bridgehead atoms. The molecular weight excluding hydrogens is 260 g/mol. The highest BCUT2D eigenvalue weighted by Crippen LogP contribution is 2.28. The van der Waals surface area contributed by atoms with E-state index in [0.29, 0.717) is 5.92 Å². The number of hydrogen-bond donors (Lipinski definition) is 2. The van der Waals surface area contributed by atoms with Crippen molar-refractivity contribution in [3.8, 4) is 11.5 Å². The predicted octanol–water partition coefficient (Wildman–Crippen LogP) is 2.60. The summed E-state index contributed by atoms with van der Waals surface area (Å²) in [5.74, 6) is 9.95. The molecule has 0 aliphatic carbocycles. The van der Waals surface area contributed by atoms with Gasteiger partial charge >= 0.3 is 0 Å². The quantitative estimate of drug-likeness (QED) is 0.567. The van der Waals surface area contributed by atoms with Crippen LogP contribution in [-0.4, -0.2) is 25.7 Å². The zero-order chi connectivity index (χ0) is 14.3. The second-order valence-electron chi connectivity index (χ2n) is 4.80. The Labute approximate surface area is 120 Å². The highest BCUT2D eigenvalue weighted by atomic mass is 32.2. The van der Waals surface area contributed by atoms with Gasteiger partial charge in [-0.2, -0.15) is 11.8 Å². The Bertz CT molecular complexity index is 363. The number of methoxy groups -OCH3 is 2. The fourth-order valence-corrected chi connectivity index (χ4v) is 2.82. The van der Waals surface area contributed by atoms with Gasteiger partial charge in [0.05, 0.1) is 20.3 Å². The van der Waals surface area contributed by atoms with Gasteiger partial charge in [-0.15, -0.1) is 0 Å². The first kappa shape index (κ1) is 16.1. The molecule has 0 saturated heterocycles. The van der Waals surface area contributed by atoms with Gasteiger partial charge in [-0.3, -0.25) is 11.3 Å². The van der Waals surface area contributed by atoms with E-state index in [4.69, 9.17) is 15.3 Å². The summed E-state index contributed by atoms with van der Waals surface area (Å²) in [6, 6.07) is 5.93. The smallest absolute Gasteiger partial charge is 0.122 e. The van der Waals surface area contributed by atoms with E-state index in [1.165, 1.54) is 0 Å². The Balaban J connectivity index is 2.78. The molecule has 0 aromatic heterocycles. The largest absolute Gasteiger partial charge is 0.497 e. The van der Waals surface area contributed by atoms with E-state index < -0.39 is 0 Å². The number of nitrogens with one attached hydrogen (secondary N) is 1. The Hall–Kier alpha value is -0.910. The molecular formula is C14H24N2O2S. The van der Waals surface area contributed by atoms with Crippen molar-refractivity contribution in [2.45, 2.75) is 19.9 Å². The number of ether oxygens (including phenoxy) is 2. The Morgan fingerprint density at radius 1 is 1.11 bits per heavy atom. The van der Waals surface area contributed by atoms with Crippen LogP contribution in [0.1, 0.15) is 25.5 Å². The maximum atomic E-state index is 5.66. The number of benzene rings is 1. The van der Waals surface area contributed by atoms with Crippen LogP contribution in [0.2, 0.25) is 0 Å². The van der Waals surface area contributed by atoms with E-state index in [1.807, 2.05) is 30.0 Å². The summed E-state index contributed by atoms with van der Waals surface area (Å²) in [6.45, 7) is 4.43. The number of hydrogen-bond acceptors (Lipinski definition) is 5. The number of nitrogens with two attached hydrogens (primary N) is 1. The Kier molecular flexibility index (Phi) is 7.05. The monoisotopic (exact) mass is 284 g/mol. The minimum Gasteiger partial charge on any atom is -0.497 e. The minimum absolute atomic E-state index is 0.0905. The summed E-state index contributed by atoms with van der Waals surface area (Å²) in [4.78, 5) is 0. The van der Waals surface area contributed by atoms with E-state index in [1.54, 1.807) is 14.2 Å². The van der Waals surface area contributed by atoms with Crippen LogP contribution in [0, 0.1) is 5.92 Å². The van der Waals surface area contributed by atoms with Gasteiger partial charge in [0.2, 0.25) is 0 Å². The lowest BCUT2D eigenvalue weighted by Crippen LogP contribution is -2.30. The van der Waals surface area contributed by atoms with Crippen molar-refractivity contribution in [1.82, 2.24) is 5.43 Å². The first-order chi connectivity index (χ1) is 9.10. The molecule has 108 valence electrons. The average molecular weight is 284 g/mol. The predicted molar refractivity (Wildman–Crippen MR) is 81.8 cm³/mol. The van der Waals surface area contributed by atoms with Gasteiger partial charge in [-0.25, -0.2) is 0 Å². The fourth-order valence-electron chi connectivity index (χ4n) is 1.69. The highest BCUT2D eigenvalue weighted by molar-refractivity contribution is 7.99. The molecule has 1 aromatic rings. The third-order valence-corrected chi connectivity index (χ3v) is 4.18. The van der Waals surface area contributed by atoms with E-state index in [-0.39, 0.29) is 6.04 Å². The molecule has 4 nitrogen and oxygen atoms in total. The Morgan fingerprint density at radius 3 is 2.11 bits per heavy atom.